The van der Waals surface area contributed by atoms with Crippen LogP contribution < -0.4 is 4.90 Å². The molecule has 4 nitrogen and oxygen atoms in total. The lowest BCUT2D eigenvalue weighted by atomic mass is 9.92. The maximum atomic E-state index is 12.5. The van der Waals surface area contributed by atoms with Crippen LogP contribution in [0.3, 0.4) is 0 Å². The lowest BCUT2D eigenvalue weighted by Gasteiger charge is -2.39. The van der Waals surface area contributed by atoms with Gasteiger partial charge in [-0.2, -0.15) is 0 Å². The first kappa shape index (κ1) is 16.2. The van der Waals surface area contributed by atoms with Gasteiger partial charge >= 0.3 is 6.09 Å². The molecule has 0 saturated carbocycles. The van der Waals surface area contributed by atoms with Crippen LogP contribution in [0.4, 0.5) is 10.5 Å². The molecule has 0 aromatic heterocycles. The fourth-order valence-corrected chi connectivity index (χ4v) is 3.68. The third-order valence-corrected chi connectivity index (χ3v) is 4.89. The van der Waals surface area contributed by atoms with E-state index in [1.165, 1.54) is 11.3 Å². The van der Waals surface area contributed by atoms with Gasteiger partial charge in [0.2, 0.25) is 0 Å². The predicted molar refractivity (Wildman–Crippen MR) is 92.8 cm³/mol. The average Bonchev–Trinajstić information content (AvgIpc) is 2.89. The van der Waals surface area contributed by atoms with E-state index in [2.05, 4.69) is 36.1 Å². The highest BCUT2D eigenvalue weighted by molar-refractivity contribution is 5.69. The van der Waals surface area contributed by atoms with Crippen LogP contribution >= 0.6 is 0 Å². The summed E-state index contributed by atoms with van der Waals surface area (Å²) < 4.78 is 5.60. The summed E-state index contributed by atoms with van der Waals surface area (Å²) >= 11 is 0. The minimum absolute atomic E-state index is 0.157. The van der Waals surface area contributed by atoms with E-state index in [0.29, 0.717) is 5.92 Å². The Morgan fingerprint density at radius 2 is 1.78 bits per heavy atom. The molecule has 0 spiro atoms. The SMILES string of the molecule is Cc1ccc(N2CCC3CCN(C(=O)OC(C)(C)C)C3C2)cc1. The van der Waals surface area contributed by atoms with Gasteiger partial charge in [0.15, 0.2) is 0 Å². The van der Waals surface area contributed by atoms with Crippen LogP contribution in [0.5, 0.6) is 0 Å². The van der Waals surface area contributed by atoms with Crippen LogP contribution in [-0.4, -0.2) is 42.3 Å². The summed E-state index contributed by atoms with van der Waals surface area (Å²) in [5.41, 5.74) is 2.10. The first-order chi connectivity index (χ1) is 10.8. The number of nitrogens with zero attached hydrogens (tertiary/aromatic N) is 2. The third-order valence-electron chi connectivity index (χ3n) is 4.89. The normalized spacial score (nSPS) is 24.5. The molecule has 126 valence electrons. The van der Waals surface area contributed by atoms with Crippen molar-refractivity contribution >= 4 is 11.8 Å². The number of benzene rings is 1. The fraction of sp³-hybridized carbons (Fsp3) is 0.632. The quantitative estimate of drug-likeness (QED) is 0.789. The Morgan fingerprint density at radius 3 is 2.43 bits per heavy atom. The van der Waals surface area contributed by atoms with Crippen LogP contribution in [0.25, 0.3) is 0 Å². The molecular weight excluding hydrogens is 288 g/mol. The highest BCUT2D eigenvalue weighted by atomic mass is 16.6. The molecule has 1 aromatic rings. The summed E-state index contributed by atoms with van der Waals surface area (Å²) in [6.07, 6.45) is 2.10. The summed E-state index contributed by atoms with van der Waals surface area (Å²) in [6.45, 7) is 10.7. The Hall–Kier alpha value is -1.71. The van der Waals surface area contributed by atoms with Crippen molar-refractivity contribution in [1.82, 2.24) is 4.90 Å². The van der Waals surface area contributed by atoms with Crippen molar-refractivity contribution < 1.29 is 9.53 Å². The van der Waals surface area contributed by atoms with Crippen molar-refractivity contribution in [2.24, 2.45) is 5.92 Å². The number of amides is 1. The molecule has 2 atom stereocenters. The number of carbonyl (C=O) groups is 1. The number of piperidine rings is 1. The number of aryl methyl sites for hydroxylation is 1. The molecule has 2 unspecified atom stereocenters. The molecule has 2 saturated heterocycles. The Bertz CT molecular complexity index is 562. The Labute approximate surface area is 139 Å². The van der Waals surface area contributed by atoms with Crippen molar-refractivity contribution in [2.75, 3.05) is 24.5 Å². The standard InChI is InChI=1S/C19H28N2O2/c1-14-5-7-16(8-6-14)20-11-9-15-10-12-21(17(15)13-20)18(22)23-19(2,3)4/h5-8,15,17H,9-13H2,1-4H3. The Balaban J connectivity index is 1.71. The van der Waals surface area contributed by atoms with Gasteiger partial charge in [-0.15, -0.1) is 0 Å². The first-order valence-corrected chi connectivity index (χ1v) is 8.65. The Morgan fingerprint density at radius 1 is 1.13 bits per heavy atom. The van der Waals surface area contributed by atoms with Crippen molar-refractivity contribution in [1.29, 1.82) is 0 Å². The van der Waals surface area contributed by atoms with E-state index in [1.54, 1.807) is 0 Å². The van der Waals surface area contributed by atoms with Gasteiger partial charge in [-0.25, -0.2) is 4.79 Å². The number of fused-ring (bicyclic) bond motifs is 1. The molecule has 0 radical (unpaired) electrons. The fourth-order valence-electron chi connectivity index (χ4n) is 3.68. The lowest BCUT2D eigenvalue weighted by molar-refractivity contribution is 0.0203. The molecule has 3 rings (SSSR count). The van der Waals surface area contributed by atoms with Crippen LogP contribution in [-0.2, 0) is 4.74 Å². The summed E-state index contributed by atoms with van der Waals surface area (Å²) in [7, 11) is 0. The van der Waals surface area contributed by atoms with Crippen LogP contribution in [0.2, 0.25) is 0 Å². The van der Waals surface area contributed by atoms with Crippen molar-refractivity contribution in [3.63, 3.8) is 0 Å². The second-order valence-corrected chi connectivity index (χ2v) is 7.86. The van der Waals surface area contributed by atoms with Gasteiger partial charge in [0.25, 0.3) is 0 Å². The highest BCUT2D eigenvalue weighted by Crippen LogP contribution is 2.34. The summed E-state index contributed by atoms with van der Waals surface area (Å²) in [5, 5.41) is 0. The molecule has 2 aliphatic rings. The van der Waals surface area contributed by atoms with Crippen LogP contribution in [0, 0.1) is 12.8 Å². The van der Waals surface area contributed by atoms with Gasteiger partial charge in [-0.3, -0.25) is 0 Å². The average molecular weight is 316 g/mol. The largest absolute Gasteiger partial charge is 0.444 e. The van der Waals surface area contributed by atoms with Gasteiger partial charge in [0.05, 0.1) is 6.04 Å². The van der Waals surface area contributed by atoms with Crippen molar-refractivity contribution in [3.05, 3.63) is 29.8 Å². The molecule has 0 bridgehead atoms. The number of ether oxygens (including phenoxy) is 1. The number of hydrogen-bond acceptors (Lipinski definition) is 3. The van der Waals surface area contributed by atoms with E-state index in [-0.39, 0.29) is 12.1 Å². The van der Waals surface area contributed by atoms with Crippen molar-refractivity contribution in [2.45, 2.75) is 52.2 Å². The smallest absolute Gasteiger partial charge is 0.410 e. The topological polar surface area (TPSA) is 32.8 Å². The molecule has 2 aliphatic heterocycles. The molecule has 1 aromatic carbocycles. The van der Waals surface area contributed by atoms with E-state index in [0.717, 1.165) is 32.5 Å². The van der Waals surface area contributed by atoms with Crippen LogP contribution in [0.1, 0.15) is 39.2 Å². The zero-order valence-corrected chi connectivity index (χ0v) is 14.7. The predicted octanol–water partition coefficient (Wildman–Crippen LogP) is 3.83. The van der Waals surface area contributed by atoms with Gasteiger partial charge in [-0.1, -0.05) is 17.7 Å². The summed E-state index contributed by atoms with van der Waals surface area (Å²) in [4.78, 5) is 16.8. The molecular formula is C19H28N2O2. The first-order valence-electron chi connectivity index (χ1n) is 8.65. The zero-order valence-electron chi connectivity index (χ0n) is 14.7. The van der Waals surface area contributed by atoms with Gasteiger partial charge in [0.1, 0.15) is 5.60 Å². The molecule has 2 heterocycles. The van der Waals surface area contributed by atoms with E-state index in [1.807, 2.05) is 25.7 Å². The minimum atomic E-state index is -0.430. The van der Waals surface area contributed by atoms with Gasteiger partial charge in [-0.05, 0) is 58.6 Å². The van der Waals surface area contributed by atoms with E-state index < -0.39 is 5.60 Å². The number of carbonyl (C=O) groups excluding carboxylic acids is 1. The second-order valence-electron chi connectivity index (χ2n) is 7.86. The van der Waals surface area contributed by atoms with E-state index in [4.69, 9.17) is 4.74 Å². The minimum Gasteiger partial charge on any atom is -0.444 e. The highest BCUT2D eigenvalue weighted by Gasteiger charge is 2.42. The number of anilines is 1. The van der Waals surface area contributed by atoms with E-state index in [9.17, 15) is 4.79 Å². The maximum absolute atomic E-state index is 12.5. The van der Waals surface area contributed by atoms with Crippen molar-refractivity contribution in [3.8, 4) is 0 Å². The molecule has 23 heavy (non-hydrogen) atoms. The third kappa shape index (κ3) is 3.62. The number of hydrogen-bond donors (Lipinski definition) is 0. The molecule has 4 heteroatoms. The molecule has 0 N–H and O–H groups in total. The summed E-state index contributed by atoms with van der Waals surface area (Å²) in [5.74, 6) is 0.615. The molecule has 1 amide bonds. The molecule has 2 fully saturated rings. The monoisotopic (exact) mass is 316 g/mol. The van der Waals surface area contributed by atoms with Crippen LogP contribution in [0.15, 0.2) is 24.3 Å². The number of rotatable bonds is 1. The second kappa shape index (κ2) is 6.06. The zero-order chi connectivity index (χ0) is 16.6. The Kier molecular flexibility index (Phi) is 4.26. The maximum Gasteiger partial charge on any atom is 0.410 e. The van der Waals surface area contributed by atoms with Gasteiger partial charge in [0, 0.05) is 25.3 Å². The molecule has 0 aliphatic carbocycles. The number of likely N-dealkylation sites (tertiary alicyclic amines) is 1. The van der Waals surface area contributed by atoms with Gasteiger partial charge < -0.3 is 14.5 Å². The lowest BCUT2D eigenvalue weighted by Crippen LogP contribution is -2.51. The summed E-state index contributed by atoms with van der Waals surface area (Å²) in [6, 6.07) is 8.95. The van der Waals surface area contributed by atoms with E-state index >= 15 is 0 Å².